The van der Waals surface area contributed by atoms with Gasteiger partial charge in [0.15, 0.2) is 18.9 Å². The van der Waals surface area contributed by atoms with E-state index in [2.05, 4.69) is 41.5 Å². The first-order chi connectivity index (χ1) is 12.5. The number of hydrogen-bond donors (Lipinski definition) is 0. The first-order valence-corrected chi connectivity index (χ1v) is 10.5. The lowest BCUT2D eigenvalue weighted by atomic mass is 10.2. The van der Waals surface area contributed by atoms with Crippen LogP contribution in [-0.2, 0) is 28.4 Å². The Kier molecular flexibility index (Phi) is 16.6. The molecule has 3 fully saturated rings. The summed E-state index contributed by atoms with van der Waals surface area (Å²) in [5.74, 6) is 0. The highest BCUT2D eigenvalue weighted by Crippen LogP contribution is 2.18. The van der Waals surface area contributed by atoms with Gasteiger partial charge in [-0.2, -0.15) is 0 Å². The molecule has 6 atom stereocenters. The molecule has 6 heteroatoms. The fraction of sp³-hybridized carbons (Fsp3) is 1.00. The second-order valence-corrected chi connectivity index (χ2v) is 8.09. The van der Waals surface area contributed by atoms with Crippen LogP contribution in [0.15, 0.2) is 0 Å². The van der Waals surface area contributed by atoms with Crippen LogP contribution in [0.25, 0.3) is 0 Å². The van der Waals surface area contributed by atoms with Crippen molar-refractivity contribution in [3.63, 3.8) is 0 Å². The van der Waals surface area contributed by atoms with E-state index in [0.717, 1.165) is 19.3 Å². The monoisotopic (exact) mass is 422 g/mol. The van der Waals surface area contributed by atoms with Gasteiger partial charge in [-0.25, -0.2) is 0 Å². The van der Waals surface area contributed by atoms with Gasteiger partial charge in [-0.05, 0) is 81.6 Å². The zero-order valence-electron chi connectivity index (χ0n) is 18.8. The van der Waals surface area contributed by atoms with Crippen LogP contribution >= 0.6 is 0 Å². The lowest BCUT2D eigenvalue weighted by molar-refractivity contribution is -0.225. The quantitative estimate of drug-likeness (QED) is 0.483. The third-order valence-electron chi connectivity index (χ3n) is 4.54. The average Bonchev–Trinajstić information content (AvgIpc) is 2.43. The summed E-state index contributed by atoms with van der Waals surface area (Å²) in [7, 11) is 0. The van der Waals surface area contributed by atoms with E-state index in [1.807, 2.05) is 20.8 Å². The minimum Gasteiger partial charge on any atom is -0.350 e. The van der Waals surface area contributed by atoms with Crippen molar-refractivity contribution < 1.29 is 28.4 Å². The molecule has 0 N–H and O–H groups in total. The largest absolute Gasteiger partial charge is 0.350 e. The van der Waals surface area contributed by atoms with Crippen molar-refractivity contribution in [1.82, 2.24) is 0 Å². The molecule has 0 aromatic rings. The van der Waals surface area contributed by atoms with Crippen LogP contribution in [0.1, 0.15) is 96.4 Å². The Morgan fingerprint density at radius 2 is 0.483 bits per heavy atom. The Bertz CT molecular complexity index is 261. The van der Waals surface area contributed by atoms with Gasteiger partial charge in [0, 0.05) is 0 Å². The lowest BCUT2D eigenvalue weighted by Crippen LogP contribution is -2.33. The fourth-order valence-electron chi connectivity index (χ4n) is 3.79. The molecule has 0 aliphatic carbocycles. The first kappa shape index (κ1) is 30.9. The summed E-state index contributed by atoms with van der Waals surface area (Å²) in [6.07, 6.45) is 5.21. The van der Waals surface area contributed by atoms with Gasteiger partial charge in [0.1, 0.15) is 0 Å². The molecular weight excluding hydrogens is 372 g/mol. The van der Waals surface area contributed by atoms with E-state index in [4.69, 9.17) is 28.4 Å². The molecule has 6 nitrogen and oxygen atoms in total. The molecule has 3 saturated heterocycles. The van der Waals surface area contributed by atoms with Gasteiger partial charge < -0.3 is 28.4 Å². The van der Waals surface area contributed by atoms with E-state index in [0.29, 0.717) is 36.6 Å². The Hall–Kier alpha value is -0.240. The summed E-state index contributed by atoms with van der Waals surface area (Å²) < 4.78 is 32.0. The molecule has 29 heavy (non-hydrogen) atoms. The molecule has 0 bridgehead atoms. The molecule has 3 aliphatic heterocycles. The Balaban J connectivity index is 0. The number of rotatable bonds is 0. The van der Waals surface area contributed by atoms with Crippen LogP contribution in [-0.4, -0.2) is 55.5 Å². The van der Waals surface area contributed by atoms with Crippen molar-refractivity contribution in [3.8, 4) is 0 Å². The zero-order chi connectivity index (χ0) is 20.6. The summed E-state index contributed by atoms with van der Waals surface area (Å²) in [5.41, 5.74) is 0. The van der Waals surface area contributed by atoms with E-state index in [1.54, 1.807) is 0 Å². The van der Waals surface area contributed by atoms with Crippen LogP contribution in [0, 0.1) is 0 Å². The molecule has 3 heterocycles. The van der Waals surface area contributed by atoms with Crippen LogP contribution in [0.5, 0.6) is 0 Å². The predicted octanol–water partition coefficient (Wildman–Crippen LogP) is 5.91. The lowest BCUT2D eigenvalue weighted by Gasteiger charge is -2.30. The third kappa shape index (κ3) is 14.4. The molecule has 3 rings (SSSR count). The van der Waals surface area contributed by atoms with E-state index in [1.165, 1.54) is 0 Å². The highest BCUT2D eigenvalue weighted by molar-refractivity contribution is 4.64. The highest BCUT2D eigenvalue weighted by Gasteiger charge is 2.22. The Morgan fingerprint density at radius 1 is 0.345 bits per heavy atom. The minimum atomic E-state index is -0.0104. The summed E-state index contributed by atoms with van der Waals surface area (Å²) in [6, 6.07) is 0. The molecule has 178 valence electrons. The van der Waals surface area contributed by atoms with Gasteiger partial charge in [-0.3, -0.25) is 0 Å². The summed E-state index contributed by atoms with van der Waals surface area (Å²) in [5, 5.41) is 0. The molecule has 0 amide bonds. The molecule has 0 saturated carbocycles. The van der Waals surface area contributed by atoms with Gasteiger partial charge in [0.05, 0.1) is 36.6 Å². The molecular formula is C23H50O6. The maximum atomic E-state index is 5.33. The van der Waals surface area contributed by atoms with Crippen LogP contribution in [0.2, 0.25) is 0 Å². The number of hydrogen-bond acceptors (Lipinski definition) is 6. The molecule has 0 aromatic heterocycles. The second kappa shape index (κ2) is 15.5. The van der Waals surface area contributed by atoms with Crippen molar-refractivity contribution in [2.24, 2.45) is 0 Å². The molecule has 0 radical (unpaired) electrons. The molecule has 0 spiro atoms. The maximum Gasteiger partial charge on any atom is 0.155 e. The summed E-state index contributed by atoms with van der Waals surface area (Å²) in [4.78, 5) is 0. The van der Waals surface area contributed by atoms with E-state index < -0.39 is 0 Å². The SMILES string of the molecule is C.C.CC1CC(C)OC(C)O1.CC1CC(C)OC(C)O1.CC1CC(C)OC(C)O1. The standard InChI is InChI=1S/3C7H14O2.2CH4/c3*1-5-4-6(2)9-7(3)8-5;;/h3*5-7H,4H2,1-3H3;2*1H4. The summed E-state index contributed by atoms with van der Waals surface area (Å²) >= 11 is 0. The zero-order valence-corrected chi connectivity index (χ0v) is 18.8. The van der Waals surface area contributed by atoms with Crippen molar-refractivity contribution in [3.05, 3.63) is 0 Å². The van der Waals surface area contributed by atoms with Gasteiger partial charge in [0.25, 0.3) is 0 Å². The predicted molar refractivity (Wildman–Crippen MR) is 119 cm³/mol. The summed E-state index contributed by atoms with van der Waals surface area (Å²) in [6.45, 7) is 18.3. The van der Waals surface area contributed by atoms with Crippen LogP contribution in [0.3, 0.4) is 0 Å². The van der Waals surface area contributed by atoms with Gasteiger partial charge in [-0.1, -0.05) is 14.9 Å². The van der Waals surface area contributed by atoms with Crippen LogP contribution < -0.4 is 0 Å². The van der Waals surface area contributed by atoms with Crippen LogP contribution in [0.4, 0.5) is 0 Å². The normalized spacial score (nSPS) is 41.9. The van der Waals surface area contributed by atoms with Crippen molar-refractivity contribution in [1.29, 1.82) is 0 Å². The second-order valence-electron chi connectivity index (χ2n) is 8.09. The number of ether oxygens (including phenoxy) is 6. The van der Waals surface area contributed by atoms with Crippen molar-refractivity contribution >= 4 is 0 Å². The first-order valence-electron chi connectivity index (χ1n) is 10.5. The van der Waals surface area contributed by atoms with Gasteiger partial charge >= 0.3 is 0 Å². The van der Waals surface area contributed by atoms with Crippen molar-refractivity contribution in [2.45, 2.75) is 152 Å². The molecule has 3 aliphatic rings. The van der Waals surface area contributed by atoms with Gasteiger partial charge in [0.2, 0.25) is 0 Å². The fourth-order valence-corrected chi connectivity index (χ4v) is 3.79. The van der Waals surface area contributed by atoms with Crippen molar-refractivity contribution in [2.75, 3.05) is 0 Å². The topological polar surface area (TPSA) is 55.4 Å². The highest BCUT2D eigenvalue weighted by atomic mass is 16.7. The van der Waals surface area contributed by atoms with Gasteiger partial charge in [-0.15, -0.1) is 0 Å². The Morgan fingerprint density at radius 3 is 0.586 bits per heavy atom. The molecule has 0 aromatic carbocycles. The molecule has 6 unspecified atom stereocenters. The average molecular weight is 423 g/mol. The van der Waals surface area contributed by atoms with E-state index >= 15 is 0 Å². The Labute approximate surface area is 180 Å². The third-order valence-corrected chi connectivity index (χ3v) is 4.54. The maximum absolute atomic E-state index is 5.33. The minimum absolute atomic E-state index is 0. The van der Waals surface area contributed by atoms with E-state index in [-0.39, 0.29) is 33.7 Å². The smallest absolute Gasteiger partial charge is 0.155 e. The van der Waals surface area contributed by atoms with E-state index in [9.17, 15) is 0 Å².